The predicted molar refractivity (Wildman–Crippen MR) is 85.3 cm³/mol. The third kappa shape index (κ3) is 3.76. The van der Waals surface area contributed by atoms with E-state index >= 15 is 0 Å². The third-order valence-corrected chi connectivity index (χ3v) is 3.88. The summed E-state index contributed by atoms with van der Waals surface area (Å²) in [7, 11) is 0. The monoisotopic (exact) mass is 327 g/mol. The summed E-state index contributed by atoms with van der Waals surface area (Å²) < 4.78 is 5.54. The van der Waals surface area contributed by atoms with E-state index in [1.165, 1.54) is 0 Å². The Morgan fingerprint density at radius 2 is 1.95 bits per heavy atom. The molecule has 3 atom stereocenters. The molecule has 1 aromatic rings. The van der Waals surface area contributed by atoms with E-state index in [1.807, 2.05) is 6.07 Å². The summed E-state index contributed by atoms with van der Waals surface area (Å²) in [5.41, 5.74) is 10.4. The molecule has 0 bridgehead atoms. The van der Waals surface area contributed by atoms with Crippen molar-refractivity contribution < 1.29 is 14.3 Å². The van der Waals surface area contributed by atoms with Gasteiger partial charge in [0.05, 0.1) is 6.10 Å². The van der Waals surface area contributed by atoms with Crippen molar-refractivity contribution in [3.8, 4) is 0 Å². The van der Waals surface area contributed by atoms with Crippen molar-refractivity contribution in [3.63, 3.8) is 0 Å². The van der Waals surface area contributed by atoms with Gasteiger partial charge >= 0.3 is 0 Å². The summed E-state index contributed by atoms with van der Waals surface area (Å²) >= 11 is 0. The second-order valence-electron chi connectivity index (χ2n) is 5.40. The van der Waals surface area contributed by atoms with Gasteiger partial charge in [0.1, 0.15) is 11.6 Å². The van der Waals surface area contributed by atoms with Gasteiger partial charge in [-0.15, -0.1) is 12.4 Å². The molecule has 1 aliphatic heterocycles. The van der Waals surface area contributed by atoms with Crippen LogP contribution in [0.1, 0.15) is 25.3 Å². The molecule has 0 spiro atoms. The Hall–Kier alpha value is -1.63. The quantitative estimate of drug-likeness (QED) is 0.729. The van der Waals surface area contributed by atoms with Crippen molar-refractivity contribution in [1.29, 1.82) is 0 Å². The number of carbonyl (C=O) groups is 2. The topological polar surface area (TPSA) is 107 Å². The van der Waals surface area contributed by atoms with Gasteiger partial charge in [0.2, 0.25) is 11.8 Å². The molecule has 1 aromatic carbocycles. The van der Waals surface area contributed by atoms with Crippen molar-refractivity contribution in [2.45, 2.75) is 37.5 Å². The molecule has 7 heteroatoms. The molecule has 1 saturated heterocycles. The van der Waals surface area contributed by atoms with Crippen molar-refractivity contribution >= 4 is 24.2 Å². The SMILES string of the molecule is CC(NC(=O)[C@@H]1CC[C@H](CN)O1)(C(N)=O)c1ccccc1.Cl. The Balaban J connectivity index is 0.00000242. The fraction of sp³-hybridized carbons (Fsp3) is 0.467. The zero-order valence-corrected chi connectivity index (χ0v) is 13.3. The van der Waals surface area contributed by atoms with Crippen LogP contribution in [0.4, 0.5) is 0 Å². The maximum Gasteiger partial charge on any atom is 0.250 e. The van der Waals surface area contributed by atoms with Crippen LogP contribution in [0.25, 0.3) is 0 Å². The highest BCUT2D eigenvalue weighted by atomic mass is 35.5. The van der Waals surface area contributed by atoms with E-state index in [9.17, 15) is 9.59 Å². The molecule has 2 amide bonds. The highest BCUT2D eigenvalue weighted by molar-refractivity contribution is 5.92. The first-order valence-corrected chi connectivity index (χ1v) is 7.00. The van der Waals surface area contributed by atoms with Crippen molar-refractivity contribution in [1.82, 2.24) is 5.32 Å². The summed E-state index contributed by atoms with van der Waals surface area (Å²) in [6.07, 6.45) is 0.656. The van der Waals surface area contributed by atoms with Crippen LogP contribution in [0.15, 0.2) is 30.3 Å². The molecule has 0 saturated carbocycles. The van der Waals surface area contributed by atoms with Crippen LogP contribution < -0.4 is 16.8 Å². The summed E-state index contributed by atoms with van der Waals surface area (Å²) in [5.74, 6) is -0.952. The van der Waals surface area contributed by atoms with Gasteiger partial charge in [-0.3, -0.25) is 9.59 Å². The zero-order valence-electron chi connectivity index (χ0n) is 12.5. The molecule has 1 aliphatic rings. The number of halogens is 1. The number of ether oxygens (including phenoxy) is 1. The number of nitrogens with one attached hydrogen (secondary N) is 1. The van der Waals surface area contributed by atoms with Crippen molar-refractivity contribution in [2.24, 2.45) is 11.5 Å². The molecular formula is C15H22ClN3O3. The number of primary amides is 1. The Morgan fingerprint density at radius 3 is 2.45 bits per heavy atom. The normalized spacial score (nSPS) is 23.2. The van der Waals surface area contributed by atoms with Gasteiger partial charge in [-0.1, -0.05) is 30.3 Å². The first-order valence-electron chi connectivity index (χ1n) is 7.00. The van der Waals surface area contributed by atoms with Crippen LogP contribution in [0.2, 0.25) is 0 Å². The van der Waals surface area contributed by atoms with E-state index in [0.717, 1.165) is 6.42 Å². The lowest BCUT2D eigenvalue weighted by Crippen LogP contribution is -2.55. The van der Waals surface area contributed by atoms with Gasteiger partial charge in [-0.25, -0.2) is 0 Å². The van der Waals surface area contributed by atoms with E-state index in [2.05, 4.69) is 5.32 Å². The van der Waals surface area contributed by atoms with Crippen molar-refractivity contribution in [2.75, 3.05) is 6.54 Å². The van der Waals surface area contributed by atoms with E-state index < -0.39 is 17.6 Å². The van der Waals surface area contributed by atoms with E-state index in [4.69, 9.17) is 16.2 Å². The molecule has 6 nitrogen and oxygen atoms in total. The average molecular weight is 328 g/mol. The van der Waals surface area contributed by atoms with E-state index in [1.54, 1.807) is 31.2 Å². The van der Waals surface area contributed by atoms with Gasteiger partial charge in [-0.2, -0.15) is 0 Å². The van der Waals surface area contributed by atoms with Crippen LogP contribution in [0, 0.1) is 0 Å². The smallest absolute Gasteiger partial charge is 0.250 e. The molecule has 1 heterocycles. The maximum absolute atomic E-state index is 12.3. The first kappa shape index (κ1) is 18.4. The van der Waals surface area contributed by atoms with Gasteiger partial charge < -0.3 is 21.5 Å². The number of nitrogens with two attached hydrogens (primary N) is 2. The number of amides is 2. The third-order valence-electron chi connectivity index (χ3n) is 3.88. The van der Waals surface area contributed by atoms with Gasteiger partial charge in [0, 0.05) is 6.54 Å². The molecule has 22 heavy (non-hydrogen) atoms. The Kier molecular flexibility index (Phi) is 6.34. The minimum atomic E-state index is -1.26. The van der Waals surface area contributed by atoms with Crippen molar-refractivity contribution in [3.05, 3.63) is 35.9 Å². The molecule has 0 aromatic heterocycles. The molecule has 5 N–H and O–H groups in total. The second-order valence-corrected chi connectivity index (χ2v) is 5.40. The largest absolute Gasteiger partial charge is 0.367 e. The minimum Gasteiger partial charge on any atom is -0.367 e. The van der Waals surface area contributed by atoms with Gasteiger partial charge in [0.25, 0.3) is 0 Å². The van der Waals surface area contributed by atoms with E-state index in [-0.39, 0.29) is 24.4 Å². The predicted octanol–water partition coefficient (Wildman–Crippen LogP) is 0.431. The lowest BCUT2D eigenvalue weighted by atomic mass is 9.91. The van der Waals surface area contributed by atoms with E-state index in [0.29, 0.717) is 18.5 Å². The molecule has 1 fully saturated rings. The van der Waals surface area contributed by atoms with Crippen LogP contribution >= 0.6 is 12.4 Å². The second kappa shape index (κ2) is 7.58. The van der Waals surface area contributed by atoms with Crippen LogP contribution in [0.5, 0.6) is 0 Å². The Bertz CT molecular complexity index is 526. The lowest BCUT2D eigenvalue weighted by Gasteiger charge is -2.29. The maximum atomic E-state index is 12.3. The highest BCUT2D eigenvalue weighted by Gasteiger charge is 2.38. The molecule has 0 radical (unpaired) electrons. The summed E-state index contributed by atoms with van der Waals surface area (Å²) in [5, 5.41) is 2.72. The Morgan fingerprint density at radius 1 is 1.32 bits per heavy atom. The van der Waals surface area contributed by atoms with Crippen LogP contribution in [-0.4, -0.2) is 30.6 Å². The first-order chi connectivity index (χ1) is 9.97. The fourth-order valence-electron chi connectivity index (χ4n) is 2.45. The zero-order chi connectivity index (χ0) is 15.5. The number of rotatable bonds is 5. The summed E-state index contributed by atoms with van der Waals surface area (Å²) in [6.45, 7) is 1.98. The number of carbonyl (C=O) groups excluding carboxylic acids is 2. The van der Waals surface area contributed by atoms with Crippen LogP contribution in [0.3, 0.4) is 0 Å². The summed E-state index contributed by atoms with van der Waals surface area (Å²) in [6, 6.07) is 8.92. The number of hydrogen-bond donors (Lipinski definition) is 3. The van der Waals surface area contributed by atoms with Gasteiger partial charge in [-0.05, 0) is 25.3 Å². The molecule has 122 valence electrons. The highest BCUT2D eigenvalue weighted by Crippen LogP contribution is 2.23. The number of hydrogen-bond acceptors (Lipinski definition) is 4. The lowest BCUT2D eigenvalue weighted by molar-refractivity contribution is -0.138. The molecular weight excluding hydrogens is 306 g/mol. The minimum absolute atomic E-state index is 0. The van der Waals surface area contributed by atoms with Gasteiger partial charge in [0.15, 0.2) is 0 Å². The summed E-state index contributed by atoms with van der Waals surface area (Å²) in [4.78, 5) is 24.2. The fourth-order valence-corrected chi connectivity index (χ4v) is 2.45. The molecule has 0 aliphatic carbocycles. The standard InChI is InChI=1S/C15H21N3O3.ClH/c1-15(14(17)20,10-5-3-2-4-6-10)18-13(19)12-8-7-11(9-16)21-12;/h2-6,11-12H,7-9,16H2,1H3,(H2,17,20)(H,18,19);1H/t11-,12+,15?;/m1./s1. The molecule has 1 unspecified atom stereocenters. The number of benzene rings is 1. The Labute approximate surface area is 136 Å². The molecule has 2 rings (SSSR count). The van der Waals surface area contributed by atoms with Crippen LogP contribution in [-0.2, 0) is 19.9 Å². The average Bonchev–Trinajstić information content (AvgIpc) is 2.97.